The lowest BCUT2D eigenvalue weighted by Gasteiger charge is -2.02. The van der Waals surface area contributed by atoms with Crippen LogP contribution in [0.1, 0.15) is 12.6 Å². The average Bonchev–Trinajstić information content (AvgIpc) is 2.08. The maximum Gasteiger partial charge on any atom is 0.221 e. The van der Waals surface area contributed by atoms with Crippen LogP contribution in [0.4, 0.5) is 5.69 Å². The average molecular weight is 179 g/mol. The highest BCUT2D eigenvalue weighted by Gasteiger charge is 1.96. The van der Waals surface area contributed by atoms with Gasteiger partial charge in [0.25, 0.3) is 0 Å². The summed E-state index contributed by atoms with van der Waals surface area (Å²) < 4.78 is 0. The van der Waals surface area contributed by atoms with Crippen LogP contribution in [-0.2, 0) is 11.3 Å². The standard InChI is InChI=1S/C9H13N3O/c1-7(13)12-9-4-3-8(5-10-2)11-6-9/h3-4,6,10H,5H2,1-2H3,(H,12,13). The Hall–Kier alpha value is -1.42. The van der Waals surface area contributed by atoms with Gasteiger partial charge in [-0.25, -0.2) is 0 Å². The fraction of sp³-hybridized carbons (Fsp3) is 0.333. The second-order valence-corrected chi connectivity index (χ2v) is 2.75. The number of carbonyl (C=O) groups is 1. The van der Waals surface area contributed by atoms with Gasteiger partial charge in [0, 0.05) is 13.5 Å². The first-order valence-corrected chi connectivity index (χ1v) is 4.09. The smallest absolute Gasteiger partial charge is 0.221 e. The van der Waals surface area contributed by atoms with Gasteiger partial charge in [-0.15, -0.1) is 0 Å². The minimum atomic E-state index is -0.0804. The second-order valence-electron chi connectivity index (χ2n) is 2.75. The molecule has 0 aliphatic carbocycles. The first-order chi connectivity index (χ1) is 6.22. The molecule has 0 fully saturated rings. The highest BCUT2D eigenvalue weighted by Crippen LogP contribution is 2.05. The molecule has 0 aliphatic rings. The van der Waals surface area contributed by atoms with Gasteiger partial charge in [0.15, 0.2) is 0 Å². The summed E-state index contributed by atoms with van der Waals surface area (Å²) in [6.07, 6.45) is 1.65. The maximum absolute atomic E-state index is 10.7. The first-order valence-electron chi connectivity index (χ1n) is 4.09. The summed E-state index contributed by atoms with van der Waals surface area (Å²) in [6.45, 7) is 2.21. The monoisotopic (exact) mass is 179 g/mol. The molecule has 1 aromatic heterocycles. The van der Waals surface area contributed by atoms with Crippen molar-refractivity contribution in [2.45, 2.75) is 13.5 Å². The van der Waals surface area contributed by atoms with Gasteiger partial charge in [0.05, 0.1) is 17.6 Å². The van der Waals surface area contributed by atoms with E-state index >= 15 is 0 Å². The van der Waals surface area contributed by atoms with Crippen LogP contribution in [0.15, 0.2) is 18.3 Å². The number of carbonyl (C=O) groups excluding carboxylic acids is 1. The van der Waals surface area contributed by atoms with E-state index in [0.29, 0.717) is 0 Å². The van der Waals surface area contributed by atoms with E-state index in [2.05, 4.69) is 15.6 Å². The van der Waals surface area contributed by atoms with E-state index in [1.165, 1.54) is 6.92 Å². The third-order valence-electron chi connectivity index (χ3n) is 1.50. The van der Waals surface area contributed by atoms with Gasteiger partial charge in [-0.2, -0.15) is 0 Å². The summed E-state index contributed by atoms with van der Waals surface area (Å²) in [4.78, 5) is 14.8. The summed E-state index contributed by atoms with van der Waals surface area (Å²) in [6, 6.07) is 3.71. The van der Waals surface area contributed by atoms with E-state index in [0.717, 1.165) is 17.9 Å². The molecule has 4 nitrogen and oxygen atoms in total. The molecule has 0 saturated carbocycles. The molecule has 13 heavy (non-hydrogen) atoms. The number of hydrogen-bond acceptors (Lipinski definition) is 3. The van der Waals surface area contributed by atoms with E-state index in [1.54, 1.807) is 6.20 Å². The Morgan fingerprint density at radius 1 is 1.54 bits per heavy atom. The molecule has 0 unspecified atom stereocenters. The number of hydrogen-bond donors (Lipinski definition) is 2. The number of rotatable bonds is 3. The van der Waals surface area contributed by atoms with Crippen molar-refractivity contribution in [3.8, 4) is 0 Å². The fourth-order valence-electron chi connectivity index (χ4n) is 0.987. The third-order valence-corrected chi connectivity index (χ3v) is 1.50. The van der Waals surface area contributed by atoms with Crippen molar-refractivity contribution in [1.82, 2.24) is 10.3 Å². The van der Waals surface area contributed by atoms with Crippen molar-refractivity contribution in [1.29, 1.82) is 0 Å². The van der Waals surface area contributed by atoms with Gasteiger partial charge in [0.2, 0.25) is 5.91 Å². The minimum Gasteiger partial charge on any atom is -0.325 e. The van der Waals surface area contributed by atoms with Crippen LogP contribution in [0.5, 0.6) is 0 Å². The molecule has 70 valence electrons. The van der Waals surface area contributed by atoms with Crippen molar-refractivity contribution in [3.05, 3.63) is 24.0 Å². The number of pyridine rings is 1. The van der Waals surface area contributed by atoms with E-state index in [1.807, 2.05) is 19.2 Å². The largest absolute Gasteiger partial charge is 0.325 e. The number of nitrogens with zero attached hydrogens (tertiary/aromatic N) is 1. The quantitative estimate of drug-likeness (QED) is 0.720. The molecule has 0 radical (unpaired) electrons. The highest BCUT2D eigenvalue weighted by atomic mass is 16.1. The minimum absolute atomic E-state index is 0.0804. The van der Waals surface area contributed by atoms with Crippen molar-refractivity contribution < 1.29 is 4.79 Å². The van der Waals surface area contributed by atoms with Gasteiger partial charge in [-0.05, 0) is 19.2 Å². The highest BCUT2D eigenvalue weighted by molar-refractivity contribution is 5.88. The molecule has 1 aromatic rings. The molecule has 0 bridgehead atoms. The summed E-state index contributed by atoms with van der Waals surface area (Å²) in [5.74, 6) is -0.0804. The fourth-order valence-corrected chi connectivity index (χ4v) is 0.987. The van der Waals surface area contributed by atoms with Crippen LogP contribution >= 0.6 is 0 Å². The molecule has 0 spiro atoms. The van der Waals surface area contributed by atoms with E-state index in [-0.39, 0.29) is 5.91 Å². The summed E-state index contributed by atoms with van der Waals surface area (Å²) in [5, 5.41) is 5.65. The van der Waals surface area contributed by atoms with Crippen LogP contribution in [0.3, 0.4) is 0 Å². The van der Waals surface area contributed by atoms with Gasteiger partial charge < -0.3 is 10.6 Å². The van der Waals surface area contributed by atoms with Gasteiger partial charge in [-0.3, -0.25) is 9.78 Å². The SMILES string of the molecule is CNCc1ccc(NC(C)=O)cn1. The van der Waals surface area contributed by atoms with Crippen molar-refractivity contribution >= 4 is 11.6 Å². The Labute approximate surface area is 77.4 Å². The van der Waals surface area contributed by atoms with Crippen LogP contribution in [-0.4, -0.2) is 17.9 Å². The number of aromatic nitrogens is 1. The zero-order chi connectivity index (χ0) is 9.68. The summed E-state index contributed by atoms with van der Waals surface area (Å²) >= 11 is 0. The zero-order valence-corrected chi connectivity index (χ0v) is 7.79. The van der Waals surface area contributed by atoms with Crippen LogP contribution < -0.4 is 10.6 Å². The Kier molecular flexibility index (Phi) is 3.40. The Balaban J connectivity index is 2.64. The molecule has 0 aliphatic heterocycles. The lowest BCUT2D eigenvalue weighted by Crippen LogP contribution is -2.09. The van der Waals surface area contributed by atoms with Crippen molar-refractivity contribution in [3.63, 3.8) is 0 Å². The lowest BCUT2D eigenvalue weighted by atomic mass is 10.3. The molecular weight excluding hydrogens is 166 g/mol. The molecule has 0 aromatic carbocycles. The topological polar surface area (TPSA) is 54.0 Å². The molecule has 4 heteroatoms. The molecule has 1 rings (SSSR count). The van der Waals surface area contributed by atoms with E-state index in [4.69, 9.17) is 0 Å². The Morgan fingerprint density at radius 3 is 2.77 bits per heavy atom. The summed E-state index contributed by atoms with van der Waals surface area (Å²) in [7, 11) is 1.86. The van der Waals surface area contributed by atoms with Crippen molar-refractivity contribution in [2.24, 2.45) is 0 Å². The normalized spacial score (nSPS) is 9.69. The molecule has 2 N–H and O–H groups in total. The maximum atomic E-state index is 10.7. The Morgan fingerprint density at radius 2 is 2.31 bits per heavy atom. The predicted molar refractivity (Wildman–Crippen MR) is 51.3 cm³/mol. The third kappa shape index (κ3) is 3.21. The van der Waals surface area contributed by atoms with E-state index < -0.39 is 0 Å². The van der Waals surface area contributed by atoms with Crippen LogP contribution in [0.25, 0.3) is 0 Å². The Bertz CT molecular complexity index is 281. The van der Waals surface area contributed by atoms with Gasteiger partial charge in [0.1, 0.15) is 0 Å². The molecule has 1 amide bonds. The van der Waals surface area contributed by atoms with Crippen LogP contribution in [0, 0.1) is 0 Å². The zero-order valence-electron chi connectivity index (χ0n) is 7.79. The number of anilines is 1. The number of nitrogens with one attached hydrogen (secondary N) is 2. The lowest BCUT2D eigenvalue weighted by molar-refractivity contribution is -0.114. The molecule has 0 atom stereocenters. The predicted octanol–water partition coefficient (Wildman–Crippen LogP) is 0.759. The van der Waals surface area contributed by atoms with Gasteiger partial charge in [-0.1, -0.05) is 0 Å². The summed E-state index contributed by atoms with van der Waals surface area (Å²) in [5.41, 5.74) is 1.68. The molecule has 0 saturated heterocycles. The first kappa shape index (κ1) is 9.67. The van der Waals surface area contributed by atoms with Gasteiger partial charge >= 0.3 is 0 Å². The number of amides is 1. The van der Waals surface area contributed by atoms with Crippen molar-refractivity contribution in [2.75, 3.05) is 12.4 Å². The molecule has 1 heterocycles. The molecular formula is C9H13N3O. The van der Waals surface area contributed by atoms with Crippen LogP contribution in [0.2, 0.25) is 0 Å². The second kappa shape index (κ2) is 4.57. The van der Waals surface area contributed by atoms with E-state index in [9.17, 15) is 4.79 Å².